The van der Waals surface area contributed by atoms with Gasteiger partial charge in [-0.15, -0.1) is 0 Å². The Morgan fingerprint density at radius 1 is 1.31 bits per heavy atom. The van der Waals surface area contributed by atoms with Crippen molar-refractivity contribution in [1.29, 1.82) is 0 Å². The van der Waals surface area contributed by atoms with Crippen molar-refractivity contribution in [1.82, 2.24) is 17.9 Å². The molecule has 3 heterocycles. The maximum atomic E-state index is 13.1. The number of pyridine rings is 1. The van der Waals surface area contributed by atoms with Crippen LogP contribution in [0.25, 0.3) is 11.0 Å². The molecular formula is C22H24N5O3STl. The van der Waals surface area contributed by atoms with Gasteiger partial charge < -0.3 is 4.74 Å². The SMILES string of the molecule is Cc1cc2c(cc1C(=O)Nc1ccnc3c1cn[n]3[Tl])SCCC2NC(=O)OC(C)(C)C. The minimum Gasteiger partial charge on any atom is -0.444 e. The summed E-state index contributed by atoms with van der Waals surface area (Å²) in [5, 5.41) is 11.1. The van der Waals surface area contributed by atoms with Crippen molar-refractivity contribution in [3.05, 3.63) is 47.3 Å². The van der Waals surface area contributed by atoms with Crippen LogP contribution in [-0.2, 0) is 4.74 Å². The standard InChI is InChI=1S/C22H25N5O3S.Tl/c1-12-9-14-17(26-21(29)30-22(2,3)4)6-8-31-18(14)10-13(12)20(28)25-16-5-7-23-19-15(16)11-24-27-19;/h5,7,9-11,17H,6,8H2,1-4H3,(H3,23,24,25,26,27,28,29);/q;+1/p-1. The summed E-state index contributed by atoms with van der Waals surface area (Å²) in [6, 6.07) is 5.56. The van der Waals surface area contributed by atoms with E-state index >= 15 is 0 Å². The smallest absolute Gasteiger partial charge is 0.444 e. The van der Waals surface area contributed by atoms with Crippen LogP contribution in [0.3, 0.4) is 0 Å². The zero-order chi connectivity index (χ0) is 23.0. The number of amides is 2. The number of benzene rings is 1. The molecule has 8 nitrogen and oxygen atoms in total. The molecule has 1 atom stereocenters. The number of ether oxygens (including phenoxy) is 1. The van der Waals surface area contributed by atoms with E-state index < -0.39 is 11.7 Å². The van der Waals surface area contributed by atoms with Gasteiger partial charge in [-0.25, -0.2) is 4.79 Å². The van der Waals surface area contributed by atoms with Gasteiger partial charge in [0.15, 0.2) is 0 Å². The molecule has 1 aliphatic rings. The number of thioether (sulfide) groups is 1. The molecule has 10 heteroatoms. The Morgan fingerprint density at radius 3 is 2.84 bits per heavy atom. The van der Waals surface area contributed by atoms with Gasteiger partial charge >= 0.3 is 172 Å². The molecule has 1 aliphatic heterocycles. The molecule has 2 aromatic heterocycles. The number of carbonyl (C=O) groups excluding carboxylic acids is 2. The molecule has 1 unspecified atom stereocenters. The summed E-state index contributed by atoms with van der Waals surface area (Å²) in [7, 11) is 0. The first kappa shape index (κ1) is 23.0. The molecule has 32 heavy (non-hydrogen) atoms. The van der Waals surface area contributed by atoms with E-state index in [4.69, 9.17) is 4.74 Å². The Kier molecular flexibility index (Phi) is 6.48. The summed E-state index contributed by atoms with van der Waals surface area (Å²) in [6.07, 6.45) is 3.80. The molecule has 1 aromatic carbocycles. The second-order valence-corrected chi connectivity index (χ2v) is 11.7. The Bertz CT molecular complexity index is 1200. The van der Waals surface area contributed by atoms with Crippen molar-refractivity contribution >= 4 is 66.5 Å². The van der Waals surface area contributed by atoms with Crippen LogP contribution in [0.1, 0.15) is 54.7 Å². The van der Waals surface area contributed by atoms with Crippen molar-refractivity contribution in [2.45, 2.75) is 50.7 Å². The van der Waals surface area contributed by atoms with E-state index in [1.54, 1.807) is 30.2 Å². The normalized spacial score (nSPS) is 15.8. The topological polar surface area (TPSA) is 98.1 Å². The number of nitrogens with one attached hydrogen (secondary N) is 2. The van der Waals surface area contributed by atoms with Crippen LogP contribution in [0, 0.1) is 6.92 Å². The number of aromatic nitrogens is 3. The van der Waals surface area contributed by atoms with Crippen LogP contribution in [0.4, 0.5) is 10.5 Å². The molecule has 0 bridgehead atoms. The van der Waals surface area contributed by atoms with E-state index in [0.29, 0.717) is 37.3 Å². The van der Waals surface area contributed by atoms with Gasteiger partial charge in [0.2, 0.25) is 0 Å². The molecule has 4 rings (SSSR count). The minimum absolute atomic E-state index is 0.142. The second kappa shape index (κ2) is 9.01. The summed E-state index contributed by atoms with van der Waals surface area (Å²) in [4.78, 5) is 30.8. The fraction of sp³-hybridized carbons (Fsp3) is 0.364. The first-order valence-corrected chi connectivity index (χ1v) is 13.3. The van der Waals surface area contributed by atoms with Crippen molar-refractivity contribution in [3.63, 3.8) is 0 Å². The molecule has 0 fully saturated rings. The van der Waals surface area contributed by atoms with Crippen LogP contribution in [0.15, 0.2) is 35.5 Å². The molecule has 0 aliphatic carbocycles. The van der Waals surface area contributed by atoms with Crippen molar-refractivity contribution < 1.29 is 14.3 Å². The minimum atomic E-state index is -0.552. The molecule has 2 amide bonds. The van der Waals surface area contributed by atoms with Crippen molar-refractivity contribution in [2.75, 3.05) is 11.1 Å². The summed E-state index contributed by atoms with van der Waals surface area (Å²) in [6.45, 7) is 7.45. The number of alkyl carbamates (subject to hydrolysis) is 1. The van der Waals surface area contributed by atoms with Gasteiger partial charge in [-0.1, -0.05) is 0 Å². The van der Waals surface area contributed by atoms with Crippen LogP contribution in [0.5, 0.6) is 0 Å². The van der Waals surface area contributed by atoms with Crippen LogP contribution in [0.2, 0.25) is 0 Å². The molecule has 164 valence electrons. The fourth-order valence-electron chi connectivity index (χ4n) is 3.64. The predicted molar refractivity (Wildman–Crippen MR) is 125 cm³/mol. The summed E-state index contributed by atoms with van der Waals surface area (Å²) >= 11 is 2.19. The number of nitrogens with zero attached hydrogens (tertiary/aromatic N) is 3. The first-order chi connectivity index (χ1) is 15.1. The van der Waals surface area contributed by atoms with Gasteiger partial charge in [0.05, 0.1) is 0 Å². The van der Waals surface area contributed by atoms with Gasteiger partial charge in [-0.05, 0) is 20.8 Å². The van der Waals surface area contributed by atoms with Gasteiger partial charge in [-0.2, -0.15) is 0 Å². The van der Waals surface area contributed by atoms with Crippen molar-refractivity contribution in [2.24, 2.45) is 0 Å². The monoisotopic (exact) mass is 643 g/mol. The van der Waals surface area contributed by atoms with Gasteiger partial charge in [0.1, 0.15) is 5.60 Å². The Morgan fingerprint density at radius 2 is 2.09 bits per heavy atom. The number of fused-ring (bicyclic) bond motifs is 2. The molecule has 0 saturated carbocycles. The Labute approximate surface area is 207 Å². The van der Waals surface area contributed by atoms with Crippen molar-refractivity contribution in [3.8, 4) is 0 Å². The molecule has 3 aromatic rings. The van der Waals surface area contributed by atoms with E-state index in [-0.39, 0.29) is 11.9 Å². The second-order valence-electron chi connectivity index (χ2n) is 8.68. The number of hydrogen-bond donors (Lipinski definition) is 2. The Hall–Kier alpha value is -2.15. The fourth-order valence-corrected chi connectivity index (χ4v) is 5.84. The number of anilines is 1. The average molecular weight is 643 g/mol. The number of rotatable bonds is 3. The average Bonchev–Trinajstić information content (AvgIpc) is 3.08. The first-order valence-electron chi connectivity index (χ1n) is 10.3. The van der Waals surface area contributed by atoms with Crippen LogP contribution in [-0.4, -0.2) is 62.0 Å². The molecule has 0 radical (unpaired) electrons. The van der Waals surface area contributed by atoms with E-state index in [9.17, 15) is 9.59 Å². The predicted octanol–water partition coefficient (Wildman–Crippen LogP) is 3.99. The zero-order valence-corrected chi connectivity index (χ0v) is 23.7. The van der Waals surface area contributed by atoms with Gasteiger partial charge in [0, 0.05) is 0 Å². The molecular weight excluding hydrogens is 619 g/mol. The third kappa shape index (κ3) is 4.93. The molecule has 2 N–H and O–H groups in total. The third-order valence-electron chi connectivity index (χ3n) is 5.08. The number of hydrogen-bond acceptors (Lipinski definition) is 6. The molecule has 0 saturated heterocycles. The van der Waals surface area contributed by atoms with Crippen LogP contribution < -0.4 is 10.6 Å². The van der Waals surface area contributed by atoms with E-state index in [0.717, 1.165) is 39.2 Å². The zero-order valence-electron chi connectivity index (χ0n) is 18.4. The van der Waals surface area contributed by atoms with E-state index in [1.807, 2.05) is 42.3 Å². The van der Waals surface area contributed by atoms with Gasteiger partial charge in [0.25, 0.3) is 0 Å². The van der Waals surface area contributed by atoms with E-state index in [1.165, 1.54) is 0 Å². The van der Waals surface area contributed by atoms with Gasteiger partial charge in [-0.3, -0.25) is 0 Å². The summed E-state index contributed by atoms with van der Waals surface area (Å²) < 4.78 is 7.26. The molecule has 0 spiro atoms. The van der Waals surface area contributed by atoms with Crippen LogP contribution >= 0.6 is 11.8 Å². The Balaban J connectivity index is 1.57. The summed E-state index contributed by atoms with van der Waals surface area (Å²) in [5.74, 6) is 0.673. The third-order valence-corrected chi connectivity index (χ3v) is 7.65. The maximum absolute atomic E-state index is 13.1. The quantitative estimate of drug-likeness (QED) is 0.420. The summed E-state index contributed by atoms with van der Waals surface area (Å²) in [5.41, 5.74) is 3.40. The number of aryl methyl sites for hydroxylation is 1. The number of carbonyl (C=O) groups is 2. The van der Waals surface area contributed by atoms with E-state index in [2.05, 4.69) is 20.7 Å².